The van der Waals surface area contributed by atoms with Crippen LogP contribution in [0.1, 0.15) is 29.9 Å². The number of carbonyl (C=O) groups is 2. The SMILES string of the molecule is COC(=O)C1(C(=O)OC)Cc2ccccc2[C@H]2C=CCC[C@H]21. The zero-order valence-corrected chi connectivity index (χ0v) is 12.9. The second-order valence-corrected chi connectivity index (χ2v) is 5.97. The number of carbonyl (C=O) groups excluding carboxylic acids is 2. The molecular weight excluding hydrogens is 280 g/mol. The summed E-state index contributed by atoms with van der Waals surface area (Å²) in [5.74, 6) is -1.04. The van der Waals surface area contributed by atoms with Gasteiger partial charge in [0, 0.05) is 5.92 Å². The lowest BCUT2D eigenvalue weighted by Crippen LogP contribution is -2.53. The maximum atomic E-state index is 12.6. The van der Waals surface area contributed by atoms with Crippen molar-refractivity contribution in [2.75, 3.05) is 14.2 Å². The Balaban J connectivity index is 2.21. The molecule has 2 aliphatic carbocycles. The van der Waals surface area contributed by atoms with Gasteiger partial charge in [-0.25, -0.2) is 0 Å². The molecule has 0 bridgehead atoms. The molecule has 0 heterocycles. The second-order valence-electron chi connectivity index (χ2n) is 5.97. The highest BCUT2D eigenvalue weighted by atomic mass is 16.5. The summed E-state index contributed by atoms with van der Waals surface area (Å²) in [6.45, 7) is 0. The van der Waals surface area contributed by atoms with E-state index in [4.69, 9.17) is 9.47 Å². The number of esters is 2. The summed E-state index contributed by atoms with van der Waals surface area (Å²) < 4.78 is 10.0. The molecule has 0 spiro atoms. The van der Waals surface area contributed by atoms with Gasteiger partial charge in [0.25, 0.3) is 0 Å². The molecule has 0 aliphatic heterocycles. The minimum absolute atomic E-state index is 0.0527. The van der Waals surface area contributed by atoms with Gasteiger partial charge >= 0.3 is 11.9 Å². The highest BCUT2D eigenvalue weighted by molar-refractivity contribution is 6.01. The molecule has 0 aromatic heterocycles. The van der Waals surface area contributed by atoms with E-state index in [0.717, 1.165) is 18.4 Å². The Morgan fingerprint density at radius 3 is 2.50 bits per heavy atom. The third-order valence-corrected chi connectivity index (χ3v) is 5.04. The van der Waals surface area contributed by atoms with Crippen LogP contribution in [0.25, 0.3) is 0 Å². The van der Waals surface area contributed by atoms with E-state index in [-0.39, 0.29) is 11.8 Å². The number of fused-ring (bicyclic) bond motifs is 3. The normalized spacial score (nSPS) is 24.8. The first-order valence-electron chi connectivity index (χ1n) is 7.56. The molecule has 1 aromatic rings. The van der Waals surface area contributed by atoms with Crippen LogP contribution in [0, 0.1) is 11.3 Å². The van der Waals surface area contributed by atoms with Crippen LogP contribution in [-0.4, -0.2) is 26.2 Å². The summed E-state index contributed by atoms with van der Waals surface area (Å²) in [6.07, 6.45) is 6.23. The predicted octanol–water partition coefficient (Wildman–Crippen LogP) is 2.62. The van der Waals surface area contributed by atoms with Crippen molar-refractivity contribution in [3.8, 4) is 0 Å². The largest absolute Gasteiger partial charge is 0.468 e. The average Bonchev–Trinajstić information content (AvgIpc) is 2.59. The molecule has 0 radical (unpaired) electrons. The monoisotopic (exact) mass is 300 g/mol. The molecule has 0 unspecified atom stereocenters. The molecular formula is C18H20O4. The number of rotatable bonds is 2. The molecule has 22 heavy (non-hydrogen) atoms. The van der Waals surface area contributed by atoms with Crippen molar-refractivity contribution in [1.29, 1.82) is 0 Å². The highest BCUT2D eigenvalue weighted by Crippen LogP contribution is 2.52. The van der Waals surface area contributed by atoms with E-state index in [9.17, 15) is 9.59 Å². The molecule has 1 aromatic carbocycles. The Morgan fingerprint density at radius 1 is 1.14 bits per heavy atom. The zero-order chi connectivity index (χ0) is 15.7. The summed E-state index contributed by atoms with van der Waals surface area (Å²) in [5.41, 5.74) is 0.978. The molecule has 3 rings (SSSR count). The Kier molecular flexibility index (Phi) is 3.77. The highest BCUT2D eigenvalue weighted by Gasteiger charge is 2.59. The Morgan fingerprint density at radius 2 is 1.82 bits per heavy atom. The minimum Gasteiger partial charge on any atom is -0.468 e. The van der Waals surface area contributed by atoms with Crippen LogP contribution in [0.3, 0.4) is 0 Å². The average molecular weight is 300 g/mol. The van der Waals surface area contributed by atoms with Gasteiger partial charge in [0.2, 0.25) is 0 Å². The van der Waals surface area contributed by atoms with Gasteiger partial charge in [-0.2, -0.15) is 0 Å². The molecule has 0 saturated carbocycles. The van der Waals surface area contributed by atoms with Crippen LogP contribution in [0.4, 0.5) is 0 Å². The molecule has 0 N–H and O–H groups in total. The standard InChI is InChI=1S/C18H20O4/c1-21-16(19)18(17(20)22-2)11-12-7-3-4-8-13(12)14-9-5-6-10-15(14)18/h3-5,7-9,14-15H,6,10-11H2,1-2H3/t14-,15-/m1/s1. The Labute approximate surface area is 130 Å². The van der Waals surface area contributed by atoms with Crippen molar-refractivity contribution in [2.24, 2.45) is 11.3 Å². The summed E-state index contributed by atoms with van der Waals surface area (Å²) in [5, 5.41) is 0. The molecule has 116 valence electrons. The molecule has 2 aliphatic rings. The first-order valence-corrected chi connectivity index (χ1v) is 7.56. The second kappa shape index (κ2) is 5.59. The Hall–Kier alpha value is -2.10. The quantitative estimate of drug-likeness (QED) is 0.478. The van der Waals surface area contributed by atoms with Crippen LogP contribution in [-0.2, 0) is 25.5 Å². The Bertz CT molecular complexity index is 616. The van der Waals surface area contributed by atoms with E-state index in [1.54, 1.807) is 0 Å². The van der Waals surface area contributed by atoms with Gasteiger partial charge in [-0.1, -0.05) is 36.4 Å². The van der Waals surface area contributed by atoms with E-state index < -0.39 is 17.4 Å². The molecule has 0 amide bonds. The van der Waals surface area contributed by atoms with Crippen molar-refractivity contribution >= 4 is 11.9 Å². The summed E-state index contributed by atoms with van der Waals surface area (Å²) in [7, 11) is 2.67. The van der Waals surface area contributed by atoms with Crippen molar-refractivity contribution in [2.45, 2.75) is 25.2 Å². The van der Waals surface area contributed by atoms with Gasteiger partial charge in [0.05, 0.1) is 14.2 Å². The van der Waals surface area contributed by atoms with Crippen molar-refractivity contribution in [3.05, 3.63) is 47.5 Å². The number of hydrogen-bond donors (Lipinski definition) is 0. The fourth-order valence-electron chi connectivity index (χ4n) is 4.05. The number of hydrogen-bond acceptors (Lipinski definition) is 4. The van der Waals surface area contributed by atoms with Gasteiger partial charge in [0.1, 0.15) is 0 Å². The van der Waals surface area contributed by atoms with Crippen LogP contribution in [0.15, 0.2) is 36.4 Å². The lowest BCUT2D eigenvalue weighted by molar-refractivity contribution is -0.175. The van der Waals surface area contributed by atoms with Gasteiger partial charge in [0.15, 0.2) is 5.41 Å². The molecule has 4 nitrogen and oxygen atoms in total. The van der Waals surface area contributed by atoms with E-state index in [2.05, 4.69) is 18.2 Å². The summed E-state index contributed by atoms with van der Waals surface area (Å²) >= 11 is 0. The van der Waals surface area contributed by atoms with Gasteiger partial charge in [-0.05, 0) is 36.3 Å². The first-order chi connectivity index (χ1) is 10.6. The molecule has 0 saturated heterocycles. The van der Waals surface area contributed by atoms with Gasteiger partial charge in [-0.3, -0.25) is 9.59 Å². The fraction of sp³-hybridized carbons (Fsp3) is 0.444. The summed E-state index contributed by atoms with van der Waals surface area (Å²) in [6, 6.07) is 8.00. The van der Waals surface area contributed by atoms with E-state index in [0.29, 0.717) is 6.42 Å². The maximum absolute atomic E-state index is 12.6. The van der Waals surface area contributed by atoms with E-state index >= 15 is 0 Å². The first kappa shape index (κ1) is 14.8. The predicted molar refractivity (Wildman–Crippen MR) is 81.2 cm³/mol. The lowest BCUT2D eigenvalue weighted by Gasteiger charge is -2.45. The third kappa shape index (κ3) is 1.97. The smallest absolute Gasteiger partial charge is 0.323 e. The summed E-state index contributed by atoms with van der Waals surface area (Å²) in [4.78, 5) is 25.2. The van der Waals surface area contributed by atoms with Crippen LogP contribution < -0.4 is 0 Å². The van der Waals surface area contributed by atoms with Crippen LogP contribution in [0.2, 0.25) is 0 Å². The topological polar surface area (TPSA) is 52.6 Å². The van der Waals surface area contributed by atoms with Crippen molar-refractivity contribution in [1.82, 2.24) is 0 Å². The number of methoxy groups -OCH3 is 2. The van der Waals surface area contributed by atoms with Crippen molar-refractivity contribution in [3.63, 3.8) is 0 Å². The van der Waals surface area contributed by atoms with Gasteiger partial charge < -0.3 is 9.47 Å². The van der Waals surface area contributed by atoms with Gasteiger partial charge in [-0.15, -0.1) is 0 Å². The van der Waals surface area contributed by atoms with E-state index in [1.807, 2.05) is 18.2 Å². The van der Waals surface area contributed by atoms with Crippen molar-refractivity contribution < 1.29 is 19.1 Å². The number of ether oxygens (including phenoxy) is 2. The molecule has 0 fully saturated rings. The van der Waals surface area contributed by atoms with Crippen LogP contribution >= 0.6 is 0 Å². The minimum atomic E-state index is -1.24. The molecule has 2 atom stereocenters. The fourth-order valence-corrected chi connectivity index (χ4v) is 4.05. The van der Waals surface area contributed by atoms with E-state index in [1.165, 1.54) is 19.8 Å². The maximum Gasteiger partial charge on any atom is 0.323 e. The van der Waals surface area contributed by atoms with Crippen LogP contribution in [0.5, 0.6) is 0 Å². The lowest BCUT2D eigenvalue weighted by atomic mass is 9.57. The number of benzene rings is 1. The number of allylic oxidation sites excluding steroid dienone is 2. The molecule has 4 heteroatoms. The third-order valence-electron chi connectivity index (χ3n) is 5.04. The zero-order valence-electron chi connectivity index (χ0n) is 12.9.